The molecule has 50 heavy (non-hydrogen) atoms. The molecule has 1 fully saturated rings. The summed E-state index contributed by atoms with van der Waals surface area (Å²) in [5.41, 5.74) is 2.65. The molecule has 0 saturated carbocycles. The molecule has 11 nitrogen and oxygen atoms in total. The van der Waals surface area contributed by atoms with Crippen molar-refractivity contribution in [3.05, 3.63) is 46.3 Å². The highest BCUT2D eigenvalue weighted by Gasteiger charge is 2.38. The molecule has 0 aliphatic carbocycles. The van der Waals surface area contributed by atoms with Crippen LogP contribution >= 0.6 is 0 Å². The van der Waals surface area contributed by atoms with Crippen molar-refractivity contribution in [2.45, 2.75) is 84.9 Å². The number of carbonyl (C=O) groups is 3. The maximum atomic E-state index is 15.6. The van der Waals surface area contributed by atoms with Crippen molar-refractivity contribution < 1.29 is 56.4 Å². The Morgan fingerprint density at radius 1 is 0.920 bits per heavy atom. The number of carbonyl (C=O) groups excluding carboxylic acids is 1. The van der Waals surface area contributed by atoms with Crippen molar-refractivity contribution in [3.63, 3.8) is 0 Å². The molecule has 2 aliphatic rings. The quantitative estimate of drug-likeness (QED) is 0.108. The standard InChI is InChI=1S/C33H44FN3O6.C2HF3O2/c1-6-41-26-18-22-19-37(32(35)28(22)29(34)31(26)42-7-2)20-25(38)21-16-23(33(3,4)5)30(43-15-11-8-12-27(39)40)24(17-21)36-13-9-10-14-36;3-2(4,5)1(6)7/h16-18,35H,6-15,19-20H2,1-5H3,(H,39,40);(H,6,7). The number of alkyl halides is 3. The van der Waals surface area contributed by atoms with Gasteiger partial charge in [0, 0.05) is 37.2 Å². The Kier molecular flexibility index (Phi) is 13.5. The fraction of sp³-hybridized carbons (Fsp3) is 0.543. The third kappa shape index (κ3) is 10.0. The molecule has 0 unspecified atom stereocenters. The van der Waals surface area contributed by atoms with E-state index in [1.165, 1.54) is 0 Å². The number of nitrogens with one attached hydrogen (secondary N) is 1. The minimum Gasteiger partial charge on any atom is -0.491 e. The number of hydrogen-bond donors (Lipinski definition) is 3. The first-order valence-corrected chi connectivity index (χ1v) is 16.5. The topological polar surface area (TPSA) is 150 Å². The number of rotatable bonds is 14. The van der Waals surface area contributed by atoms with Crippen molar-refractivity contribution in [2.24, 2.45) is 0 Å². The Morgan fingerprint density at radius 2 is 1.54 bits per heavy atom. The van der Waals surface area contributed by atoms with Crippen LogP contribution in [-0.4, -0.2) is 84.3 Å². The first kappa shape index (κ1) is 39.9. The second kappa shape index (κ2) is 16.9. The minimum atomic E-state index is -5.08. The molecule has 4 rings (SSSR count). The zero-order chi connectivity index (χ0) is 37.4. The molecule has 0 atom stereocenters. The fourth-order valence-corrected chi connectivity index (χ4v) is 5.65. The Balaban J connectivity index is 0.000000872. The summed E-state index contributed by atoms with van der Waals surface area (Å²) in [6, 6.07) is 5.46. The van der Waals surface area contributed by atoms with Gasteiger partial charge in [-0.2, -0.15) is 13.2 Å². The van der Waals surface area contributed by atoms with Crippen LogP contribution in [0.2, 0.25) is 0 Å². The van der Waals surface area contributed by atoms with Crippen molar-refractivity contribution in [2.75, 3.05) is 44.4 Å². The number of nitrogens with zero attached hydrogens (tertiary/aromatic N) is 2. The van der Waals surface area contributed by atoms with Gasteiger partial charge in [0.2, 0.25) is 0 Å². The van der Waals surface area contributed by atoms with Gasteiger partial charge in [0.25, 0.3) is 0 Å². The molecule has 0 radical (unpaired) electrons. The van der Waals surface area contributed by atoms with Crippen LogP contribution in [0.4, 0.5) is 23.2 Å². The maximum Gasteiger partial charge on any atom is 0.490 e. The predicted octanol–water partition coefficient (Wildman–Crippen LogP) is 6.81. The van der Waals surface area contributed by atoms with E-state index in [9.17, 15) is 22.8 Å². The highest BCUT2D eigenvalue weighted by atomic mass is 19.4. The van der Waals surface area contributed by atoms with E-state index in [-0.39, 0.29) is 54.5 Å². The molecule has 2 aliphatic heterocycles. The van der Waals surface area contributed by atoms with Crippen molar-refractivity contribution in [1.29, 1.82) is 5.41 Å². The highest BCUT2D eigenvalue weighted by molar-refractivity contribution is 6.06. The van der Waals surface area contributed by atoms with Crippen molar-refractivity contribution >= 4 is 29.2 Å². The van der Waals surface area contributed by atoms with Crippen LogP contribution in [0.5, 0.6) is 17.2 Å². The molecular formula is C35H45F4N3O8. The summed E-state index contributed by atoms with van der Waals surface area (Å²) in [5.74, 6) is -3.43. The number of anilines is 1. The number of halogens is 4. The van der Waals surface area contributed by atoms with Gasteiger partial charge >= 0.3 is 18.1 Å². The van der Waals surface area contributed by atoms with Crippen LogP contribution in [0.3, 0.4) is 0 Å². The lowest BCUT2D eigenvalue weighted by Crippen LogP contribution is -2.31. The Morgan fingerprint density at radius 3 is 2.08 bits per heavy atom. The summed E-state index contributed by atoms with van der Waals surface area (Å²) in [5, 5.41) is 24.8. The van der Waals surface area contributed by atoms with Crippen LogP contribution in [-0.2, 0) is 21.5 Å². The Labute approximate surface area is 288 Å². The third-order valence-corrected chi connectivity index (χ3v) is 8.03. The Hall–Kier alpha value is -4.56. The van der Waals surface area contributed by atoms with Gasteiger partial charge in [0.1, 0.15) is 11.6 Å². The number of carboxylic acids is 2. The van der Waals surface area contributed by atoms with E-state index in [0.717, 1.165) is 42.9 Å². The lowest BCUT2D eigenvalue weighted by atomic mass is 9.84. The smallest absolute Gasteiger partial charge is 0.490 e. The number of hydrogen-bond acceptors (Lipinski definition) is 8. The number of ether oxygens (including phenoxy) is 3. The number of fused-ring (bicyclic) bond motifs is 1. The molecule has 0 spiro atoms. The van der Waals surface area contributed by atoms with Crippen LogP contribution in [0.1, 0.15) is 93.8 Å². The largest absolute Gasteiger partial charge is 0.491 e. The van der Waals surface area contributed by atoms with E-state index in [0.29, 0.717) is 42.9 Å². The minimum absolute atomic E-state index is 0.00958. The van der Waals surface area contributed by atoms with E-state index >= 15 is 4.39 Å². The van der Waals surface area contributed by atoms with Gasteiger partial charge in [0.15, 0.2) is 23.1 Å². The number of unbranched alkanes of at least 4 members (excludes halogenated alkanes) is 1. The van der Waals surface area contributed by atoms with Gasteiger partial charge in [-0.15, -0.1) is 0 Å². The monoisotopic (exact) mass is 711 g/mol. The van der Waals surface area contributed by atoms with Gasteiger partial charge in [-0.05, 0) is 68.7 Å². The Bertz CT molecular complexity index is 1570. The van der Waals surface area contributed by atoms with E-state index < -0.39 is 23.9 Å². The molecule has 2 heterocycles. The number of aliphatic carboxylic acids is 2. The molecule has 2 aromatic carbocycles. The van der Waals surface area contributed by atoms with E-state index in [1.807, 2.05) is 19.1 Å². The average molecular weight is 712 g/mol. The molecule has 3 N–H and O–H groups in total. The molecular weight excluding hydrogens is 666 g/mol. The molecule has 15 heteroatoms. The number of amidine groups is 1. The van der Waals surface area contributed by atoms with Crippen molar-refractivity contribution in [1.82, 2.24) is 4.90 Å². The SMILES string of the molecule is CCOc1cc2c(c(F)c1OCC)C(=N)N(CC(=O)c1cc(N3CCCC3)c(OCCCCC(=O)O)c(C(C)(C)C)c1)C2.O=C(O)C(F)(F)F. The molecule has 0 amide bonds. The van der Waals surface area contributed by atoms with Crippen LogP contribution in [0.25, 0.3) is 0 Å². The predicted molar refractivity (Wildman–Crippen MR) is 178 cm³/mol. The van der Waals surface area contributed by atoms with Crippen LogP contribution in [0, 0.1) is 11.2 Å². The van der Waals surface area contributed by atoms with Gasteiger partial charge in [-0.25, -0.2) is 9.18 Å². The summed E-state index contributed by atoms with van der Waals surface area (Å²) >= 11 is 0. The number of carboxylic acid groups (broad SMARTS) is 2. The zero-order valence-corrected chi connectivity index (χ0v) is 29.0. The van der Waals surface area contributed by atoms with E-state index in [4.69, 9.17) is 34.6 Å². The molecule has 2 aromatic rings. The summed E-state index contributed by atoms with van der Waals surface area (Å²) in [7, 11) is 0. The van der Waals surface area contributed by atoms with Crippen LogP contribution in [0.15, 0.2) is 18.2 Å². The lowest BCUT2D eigenvalue weighted by Gasteiger charge is -2.30. The second-order valence-corrected chi connectivity index (χ2v) is 12.9. The highest BCUT2D eigenvalue weighted by Crippen LogP contribution is 2.42. The summed E-state index contributed by atoms with van der Waals surface area (Å²) in [4.78, 5) is 37.5. The van der Waals surface area contributed by atoms with Gasteiger partial charge in [-0.3, -0.25) is 15.0 Å². The van der Waals surface area contributed by atoms with E-state index in [1.54, 1.807) is 17.9 Å². The lowest BCUT2D eigenvalue weighted by molar-refractivity contribution is -0.192. The average Bonchev–Trinajstić information content (AvgIpc) is 3.66. The summed E-state index contributed by atoms with van der Waals surface area (Å²) in [6.45, 7) is 12.6. The molecule has 0 aromatic heterocycles. The molecule has 276 valence electrons. The van der Waals surface area contributed by atoms with Gasteiger partial charge < -0.3 is 34.2 Å². The maximum absolute atomic E-state index is 15.6. The third-order valence-electron chi connectivity index (χ3n) is 8.03. The first-order valence-electron chi connectivity index (χ1n) is 16.5. The normalized spacial score (nSPS) is 14.2. The van der Waals surface area contributed by atoms with Gasteiger partial charge in [-0.1, -0.05) is 20.8 Å². The zero-order valence-electron chi connectivity index (χ0n) is 29.0. The number of Topliss-reactive ketones (excluding diaryl/α,β-unsaturated/α-hetero) is 1. The van der Waals surface area contributed by atoms with Crippen molar-refractivity contribution in [3.8, 4) is 17.2 Å². The summed E-state index contributed by atoms with van der Waals surface area (Å²) in [6.07, 6.45) is -1.76. The number of ketones is 1. The number of benzene rings is 2. The molecule has 0 bridgehead atoms. The van der Waals surface area contributed by atoms with Gasteiger partial charge in [0.05, 0.1) is 37.6 Å². The van der Waals surface area contributed by atoms with E-state index in [2.05, 4.69) is 25.7 Å². The molecule has 1 saturated heterocycles. The summed E-state index contributed by atoms with van der Waals surface area (Å²) < 4.78 is 64.8. The van der Waals surface area contributed by atoms with Crippen LogP contribution < -0.4 is 19.1 Å². The fourth-order valence-electron chi connectivity index (χ4n) is 5.65. The second-order valence-electron chi connectivity index (χ2n) is 12.9. The first-order chi connectivity index (χ1) is 23.4.